The number of nitrogens with one attached hydrogen (secondary N) is 3. The van der Waals surface area contributed by atoms with E-state index >= 15 is 0 Å². The van der Waals surface area contributed by atoms with E-state index in [1.165, 1.54) is 6.08 Å². The van der Waals surface area contributed by atoms with Crippen molar-refractivity contribution in [2.24, 2.45) is 0 Å². The zero-order chi connectivity index (χ0) is 23.2. The predicted molar refractivity (Wildman–Crippen MR) is 124 cm³/mol. The van der Waals surface area contributed by atoms with Gasteiger partial charge in [0.15, 0.2) is 5.11 Å². The number of amides is 1. The number of thiocarbonyl (C=S) groups is 1. The van der Waals surface area contributed by atoms with E-state index in [0.29, 0.717) is 0 Å². The maximum atomic E-state index is 12.9. The molecule has 166 valence electrons. The normalized spacial score (nSPS) is 13.0. The second kappa shape index (κ2) is 10.7. The van der Waals surface area contributed by atoms with Crippen LogP contribution in [0, 0.1) is 0 Å². The maximum Gasteiger partial charge on any atom is 0.416 e. The van der Waals surface area contributed by atoms with E-state index in [2.05, 4.69) is 16.0 Å². The molecule has 2 aromatic rings. The molecule has 2 rings (SSSR count). The van der Waals surface area contributed by atoms with Crippen molar-refractivity contribution in [3.63, 3.8) is 0 Å². The van der Waals surface area contributed by atoms with Crippen LogP contribution in [0.3, 0.4) is 0 Å². The molecule has 4 nitrogen and oxygen atoms in total. The first-order valence-corrected chi connectivity index (χ1v) is 10.3. The topological polar surface area (TPSA) is 53.2 Å². The lowest BCUT2D eigenvalue weighted by molar-refractivity contribution is -0.137. The summed E-state index contributed by atoms with van der Waals surface area (Å²) in [5, 5.41) is 7.21. The second-order valence-electron chi connectivity index (χ2n) is 6.02. The highest BCUT2D eigenvalue weighted by Crippen LogP contribution is 2.34. The van der Waals surface area contributed by atoms with Crippen LogP contribution in [0.25, 0.3) is 6.08 Å². The van der Waals surface area contributed by atoms with Crippen molar-refractivity contribution in [1.82, 2.24) is 10.6 Å². The number of benzene rings is 2. The lowest BCUT2D eigenvalue weighted by Gasteiger charge is -2.27. The van der Waals surface area contributed by atoms with Gasteiger partial charge < -0.3 is 16.0 Å². The van der Waals surface area contributed by atoms with Crippen LogP contribution in [-0.2, 0) is 11.0 Å². The molecule has 0 spiro atoms. The zero-order valence-corrected chi connectivity index (χ0v) is 19.2. The molecule has 0 saturated heterocycles. The standard InChI is InChI=1S/C19H14Cl4F3N3OS/c20-13-8-7-12(19(24,25)26)10-14(13)27-17(31)29-16(18(21,22)23)28-15(30)9-6-11-4-2-1-3-5-11/h1-10,16H,(H,28,30)(H2,27,29,31)/b9-6+. The van der Waals surface area contributed by atoms with E-state index in [9.17, 15) is 18.0 Å². The Hall–Kier alpha value is -1.71. The molecule has 1 atom stereocenters. The molecule has 12 heteroatoms. The number of alkyl halides is 6. The number of carbonyl (C=O) groups excluding carboxylic acids is 1. The van der Waals surface area contributed by atoms with E-state index in [-0.39, 0.29) is 15.8 Å². The molecule has 0 aromatic heterocycles. The van der Waals surface area contributed by atoms with E-state index in [0.717, 1.165) is 23.8 Å². The quantitative estimate of drug-likeness (QED) is 0.187. The molecule has 31 heavy (non-hydrogen) atoms. The van der Waals surface area contributed by atoms with Crippen LogP contribution < -0.4 is 16.0 Å². The third-order valence-corrected chi connectivity index (χ3v) is 4.86. The van der Waals surface area contributed by atoms with Crippen LogP contribution in [0.15, 0.2) is 54.6 Å². The molecule has 0 heterocycles. The van der Waals surface area contributed by atoms with Crippen LogP contribution in [-0.4, -0.2) is 21.0 Å². The van der Waals surface area contributed by atoms with Gasteiger partial charge in [-0.3, -0.25) is 4.79 Å². The SMILES string of the molecule is O=C(/C=C/c1ccccc1)NC(NC(=S)Nc1cc(C(F)(F)F)ccc1Cl)C(Cl)(Cl)Cl. The van der Waals surface area contributed by atoms with Crippen LogP contribution in [0.5, 0.6) is 0 Å². The Balaban J connectivity index is 2.08. The van der Waals surface area contributed by atoms with Crippen LogP contribution >= 0.6 is 58.6 Å². The lowest BCUT2D eigenvalue weighted by atomic mass is 10.2. The number of hydrogen-bond donors (Lipinski definition) is 3. The Morgan fingerprint density at radius 2 is 1.68 bits per heavy atom. The summed E-state index contributed by atoms with van der Waals surface area (Å²) in [6, 6.07) is 11.7. The van der Waals surface area contributed by atoms with Gasteiger partial charge in [0.1, 0.15) is 6.17 Å². The van der Waals surface area contributed by atoms with Gasteiger partial charge in [-0.15, -0.1) is 0 Å². The molecule has 0 fully saturated rings. The molecular formula is C19H14Cl4F3N3OS. The van der Waals surface area contributed by atoms with Gasteiger partial charge in [0.2, 0.25) is 9.70 Å². The number of anilines is 1. The van der Waals surface area contributed by atoms with Gasteiger partial charge in [0, 0.05) is 6.08 Å². The van der Waals surface area contributed by atoms with Crippen LogP contribution in [0.1, 0.15) is 11.1 Å². The van der Waals surface area contributed by atoms with Crippen molar-refractivity contribution in [3.8, 4) is 0 Å². The Labute approximate surface area is 201 Å². The van der Waals surface area contributed by atoms with Gasteiger partial charge >= 0.3 is 6.18 Å². The Morgan fingerprint density at radius 1 is 1.03 bits per heavy atom. The predicted octanol–water partition coefficient (Wildman–Crippen LogP) is 6.17. The third kappa shape index (κ3) is 8.38. The highest BCUT2D eigenvalue weighted by atomic mass is 35.6. The molecule has 0 radical (unpaired) electrons. The minimum atomic E-state index is -4.57. The number of rotatable bonds is 5. The summed E-state index contributed by atoms with van der Waals surface area (Å²) in [7, 11) is 0. The van der Waals surface area contributed by atoms with Crippen molar-refractivity contribution in [3.05, 3.63) is 70.8 Å². The minimum absolute atomic E-state index is 0.0163. The van der Waals surface area contributed by atoms with Gasteiger partial charge in [-0.25, -0.2) is 0 Å². The first kappa shape index (κ1) is 25.5. The second-order valence-corrected chi connectivity index (χ2v) is 9.20. The van der Waals surface area contributed by atoms with Gasteiger partial charge in [0.25, 0.3) is 0 Å². The minimum Gasteiger partial charge on any atom is -0.339 e. The average molecular weight is 531 g/mol. The van der Waals surface area contributed by atoms with Crippen molar-refractivity contribution in [2.75, 3.05) is 5.32 Å². The van der Waals surface area contributed by atoms with Gasteiger partial charge in [-0.05, 0) is 42.1 Å². The van der Waals surface area contributed by atoms with Gasteiger partial charge in [0.05, 0.1) is 16.3 Å². The molecule has 1 unspecified atom stereocenters. The fraction of sp³-hybridized carbons (Fsp3) is 0.158. The third-order valence-electron chi connectivity index (χ3n) is 3.66. The molecule has 0 saturated carbocycles. The van der Waals surface area contributed by atoms with E-state index in [1.807, 2.05) is 6.07 Å². The molecule has 0 aliphatic carbocycles. The average Bonchev–Trinajstić information content (AvgIpc) is 2.67. The summed E-state index contributed by atoms with van der Waals surface area (Å²) in [5.41, 5.74) is -0.278. The Kier molecular flexibility index (Phi) is 8.85. The number of hydrogen-bond acceptors (Lipinski definition) is 2. The largest absolute Gasteiger partial charge is 0.416 e. The van der Waals surface area contributed by atoms with Crippen molar-refractivity contribution < 1.29 is 18.0 Å². The summed E-state index contributed by atoms with van der Waals surface area (Å²) < 4.78 is 36.7. The highest BCUT2D eigenvalue weighted by molar-refractivity contribution is 7.80. The summed E-state index contributed by atoms with van der Waals surface area (Å²) in [6.07, 6.45) is -3.12. The van der Waals surface area contributed by atoms with Crippen molar-refractivity contribution in [2.45, 2.75) is 16.1 Å². The smallest absolute Gasteiger partial charge is 0.339 e. The van der Waals surface area contributed by atoms with E-state index in [1.54, 1.807) is 30.3 Å². The number of halogens is 7. The Morgan fingerprint density at radius 3 is 2.26 bits per heavy atom. The summed E-state index contributed by atoms with van der Waals surface area (Å²) in [6.45, 7) is 0. The molecule has 2 aromatic carbocycles. The fourth-order valence-corrected chi connectivity index (χ4v) is 2.93. The summed E-state index contributed by atoms with van der Waals surface area (Å²) >= 11 is 28.7. The summed E-state index contributed by atoms with van der Waals surface area (Å²) in [5.74, 6) is -0.604. The first-order valence-electron chi connectivity index (χ1n) is 8.41. The molecular weight excluding hydrogens is 517 g/mol. The fourth-order valence-electron chi connectivity index (χ4n) is 2.21. The lowest BCUT2D eigenvalue weighted by Crippen LogP contribution is -2.55. The highest BCUT2D eigenvalue weighted by Gasteiger charge is 2.35. The zero-order valence-electron chi connectivity index (χ0n) is 15.3. The Bertz CT molecular complexity index is 966. The van der Waals surface area contributed by atoms with Crippen LogP contribution in [0.4, 0.5) is 18.9 Å². The molecule has 0 bridgehead atoms. The van der Waals surface area contributed by atoms with Gasteiger partial charge in [-0.1, -0.05) is 76.7 Å². The van der Waals surface area contributed by atoms with Crippen molar-refractivity contribution in [1.29, 1.82) is 0 Å². The van der Waals surface area contributed by atoms with E-state index < -0.39 is 27.6 Å². The van der Waals surface area contributed by atoms with Crippen molar-refractivity contribution >= 4 is 81.4 Å². The number of carbonyl (C=O) groups is 1. The molecule has 0 aliphatic heterocycles. The molecule has 0 aliphatic rings. The van der Waals surface area contributed by atoms with Gasteiger partial charge in [-0.2, -0.15) is 13.2 Å². The monoisotopic (exact) mass is 529 g/mol. The summed E-state index contributed by atoms with van der Waals surface area (Å²) in [4.78, 5) is 12.2. The van der Waals surface area contributed by atoms with Crippen LogP contribution in [0.2, 0.25) is 5.02 Å². The maximum absolute atomic E-state index is 12.9. The van der Waals surface area contributed by atoms with E-state index in [4.69, 9.17) is 58.6 Å². The molecule has 3 N–H and O–H groups in total. The first-order chi connectivity index (χ1) is 14.4. The molecule has 1 amide bonds.